The quantitative estimate of drug-likeness (QED) is 0.784. The van der Waals surface area contributed by atoms with Gasteiger partial charge in [-0.15, -0.1) is 23.1 Å². The van der Waals surface area contributed by atoms with Crippen molar-refractivity contribution < 1.29 is 0 Å². The average Bonchev–Trinajstić information content (AvgIpc) is 2.58. The number of hydrogen-bond acceptors (Lipinski definition) is 3. The van der Waals surface area contributed by atoms with Gasteiger partial charge in [-0.2, -0.15) is 0 Å². The van der Waals surface area contributed by atoms with Crippen LogP contribution in [0, 0.1) is 0 Å². The van der Waals surface area contributed by atoms with Crippen LogP contribution in [0.5, 0.6) is 0 Å². The van der Waals surface area contributed by atoms with Crippen LogP contribution in [0.2, 0.25) is 0 Å². The van der Waals surface area contributed by atoms with Crippen molar-refractivity contribution in [3.8, 4) is 0 Å². The molecule has 0 radical (unpaired) electrons. The molecule has 0 saturated heterocycles. The number of hydrogen-bond donors (Lipinski definition) is 1. The summed E-state index contributed by atoms with van der Waals surface area (Å²) in [5, 5.41) is 3.23. The van der Waals surface area contributed by atoms with Crippen molar-refractivity contribution in [3.63, 3.8) is 0 Å². The molecule has 1 nitrogen and oxygen atoms in total. The van der Waals surface area contributed by atoms with Crippen LogP contribution in [0.25, 0.3) is 10.1 Å². The maximum absolute atomic E-state index is 5.89. The van der Waals surface area contributed by atoms with Crippen LogP contribution < -0.4 is 5.73 Å². The lowest BCUT2D eigenvalue weighted by Crippen LogP contribution is -1.86. The van der Waals surface area contributed by atoms with Crippen molar-refractivity contribution in [1.82, 2.24) is 0 Å². The van der Waals surface area contributed by atoms with E-state index in [0.717, 1.165) is 12.1 Å². The second kappa shape index (κ2) is 3.83. The Labute approximate surface area is 92.3 Å². The van der Waals surface area contributed by atoms with Gasteiger partial charge >= 0.3 is 0 Å². The molecule has 0 saturated carbocycles. The van der Waals surface area contributed by atoms with E-state index in [1.54, 1.807) is 11.3 Å². The van der Waals surface area contributed by atoms with Gasteiger partial charge in [0.15, 0.2) is 0 Å². The molecule has 1 aromatic heterocycles. The highest BCUT2D eigenvalue weighted by atomic mass is 32.2. The fraction of sp³-hybridized carbons (Fsp3) is 0.273. The minimum atomic E-state index is 0.910. The summed E-state index contributed by atoms with van der Waals surface area (Å²) in [7, 11) is 0. The van der Waals surface area contributed by atoms with E-state index >= 15 is 0 Å². The summed E-state index contributed by atoms with van der Waals surface area (Å²) in [6, 6.07) is 4.48. The number of rotatable bonds is 2. The SMILES string of the molecule is CCc1cc2c(N)csc2cc1SC. The number of thiophene rings is 1. The molecule has 0 aliphatic rings. The number of nitrogens with two attached hydrogens (primary N) is 1. The van der Waals surface area contributed by atoms with Gasteiger partial charge < -0.3 is 5.73 Å². The molecular formula is C11H13NS2. The highest BCUT2D eigenvalue weighted by Crippen LogP contribution is 2.33. The molecular weight excluding hydrogens is 210 g/mol. The van der Waals surface area contributed by atoms with Crippen LogP contribution in [-0.4, -0.2) is 6.26 Å². The maximum Gasteiger partial charge on any atom is 0.0502 e. The summed E-state index contributed by atoms with van der Waals surface area (Å²) < 4.78 is 1.30. The molecule has 3 heteroatoms. The van der Waals surface area contributed by atoms with E-state index in [-0.39, 0.29) is 0 Å². The molecule has 2 aromatic rings. The molecule has 0 unspecified atom stereocenters. The molecule has 0 aliphatic heterocycles. The third-order valence-electron chi connectivity index (χ3n) is 2.39. The Bertz CT molecular complexity index is 460. The zero-order chi connectivity index (χ0) is 10.1. The largest absolute Gasteiger partial charge is 0.398 e. The summed E-state index contributed by atoms with van der Waals surface area (Å²) in [4.78, 5) is 1.38. The molecule has 2 N–H and O–H groups in total. The van der Waals surface area contributed by atoms with Crippen LogP contribution in [0.1, 0.15) is 12.5 Å². The number of anilines is 1. The van der Waals surface area contributed by atoms with Crippen molar-refractivity contribution in [2.75, 3.05) is 12.0 Å². The highest BCUT2D eigenvalue weighted by molar-refractivity contribution is 7.98. The molecule has 14 heavy (non-hydrogen) atoms. The predicted octanol–water partition coefficient (Wildman–Crippen LogP) is 3.77. The Hall–Kier alpha value is -0.670. The lowest BCUT2D eigenvalue weighted by Gasteiger charge is -2.05. The van der Waals surface area contributed by atoms with Gasteiger partial charge in [-0.1, -0.05) is 6.92 Å². The maximum atomic E-state index is 5.89. The minimum Gasteiger partial charge on any atom is -0.398 e. The Morgan fingerprint density at radius 1 is 1.43 bits per heavy atom. The zero-order valence-corrected chi connectivity index (χ0v) is 9.97. The molecule has 0 bridgehead atoms. The zero-order valence-electron chi connectivity index (χ0n) is 8.33. The molecule has 1 aromatic carbocycles. The summed E-state index contributed by atoms with van der Waals surface area (Å²) in [6.45, 7) is 2.18. The fourth-order valence-electron chi connectivity index (χ4n) is 1.59. The van der Waals surface area contributed by atoms with Crippen LogP contribution in [0.4, 0.5) is 5.69 Å². The fourth-order valence-corrected chi connectivity index (χ4v) is 3.23. The van der Waals surface area contributed by atoms with Gasteiger partial charge in [-0.3, -0.25) is 0 Å². The first-order chi connectivity index (χ1) is 6.76. The molecule has 0 amide bonds. The Morgan fingerprint density at radius 2 is 2.21 bits per heavy atom. The average molecular weight is 223 g/mol. The second-order valence-electron chi connectivity index (χ2n) is 3.20. The predicted molar refractivity (Wildman–Crippen MR) is 67.4 cm³/mol. The summed E-state index contributed by atoms with van der Waals surface area (Å²) in [5.41, 5.74) is 8.20. The molecule has 74 valence electrons. The van der Waals surface area contributed by atoms with Crippen LogP contribution >= 0.6 is 23.1 Å². The lowest BCUT2D eigenvalue weighted by molar-refractivity contribution is 1.09. The van der Waals surface area contributed by atoms with Crippen LogP contribution in [-0.2, 0) is 6.42 Å². The highest BCUT2D eigenvalue weighted by Gasteiger charge is 2.06. The van der Waals surface area contributed by atoms with Gasteiger partial charge in [0.05, 0.1) is 5.69 Å². The summed E-state index contributed by atoms with van der Waals surface area (Å²) in [5.74, 6) is 0. The molecule has 1 heterocycles. The van der Waals surface area contributed by atoms with E-state index in [1.807, 2.05) is 17.1 Å². The van der Waals surface area contributed by atoms with Gasteiger partial charge in [-0.25, -0.2) is 0 Å². The van der Waals surface area contributed by atoms with Crippen molar-refractivity contribution in [3.05, 3.63) is 23.1 Å². The van der Waals surface area contributed by atoms with E-state index < -0.39 is 0 Å². The Balaban J connectivity index is 2.71. The van der Waals surface area contributed by atoms with E-state index in [4.69, 9.17) is 5.73 Å². The molecule has 2 rings (SSSR count). The third kappa shape index (κ3) is 1.51. The van der Waals surface area contributed by atoms with Gasteiger partial charge in [0.2, 0.25) is 0 Å². The minimum absolute atomic E-state index is 0.910. The summed E-state index contributed by atoms with van der Waals surface area (Å²) in [6.07, 6.45) is 3.19. The number of fused-ring (bicyclic) bond motifs is 1. The normalized spacial score (nSPS) is 11.0. The van der Waals surface area contributed by atoms with E-state index in [2.05, 4.69) is 25.3 Å². The first-order valence-corrected chi connectivity index (χ1v) is 6.70. The van der Waals surface area contributed by atoms with Crippen molar-refractivity contribution in [2.24, 2.45) is 0 Å². The van der Waals surface area contributed by atoms with Crippen molar-refractivity contribution >= 4 is 38.9 Å². The van der Waals surface area contributed by atoms with Crippen LogP contribution in [0.15, 0.2) is 22.4 Å². The summed E-state index contributed by atoms with van der Waals surface area (Å²) >= 11 is 3.53. The Kier molecular flexibility index (Phi) is 2.70. The molecule has 0 fully saturated rings. The number of nitrogen functional groups attached to an aromatic ring is 1. The van der Waals surface area contributed by atoms with Gasteiger partial charge in [0.25, 0.3) is 0 Å². The number of thioether (sulfide) groups is 1. The molecule has 0 spiro atoms. The topological polar surface area (TPSA) is 26.0 Å². The lowest BCUT2D eigenvalue weighted by atomic mass is 10.1. The molecule has 0 aliphatic carbocycles. The molecule has 0 atom stereocenters. The smallest absolute Gasteiger partial charge is 0.0502 e. The Morgan fingerprint density at radius 3 is 2.86 bits per heavy atom. The van der Waals surface area contributed by atoms with Gasteiger partial charge in [-0.05, 0) is 30.4 Å². The van der Waals surface area contributed by atoms with Crippen molar-refractivity contribution in [2.45, 2.75) is 18.2 Å². The van der Waals surface area contributed by atoms with Crippen molar-refractivity contribution in [1.29, 1.82) is 0 Å². The number of aryl methyl sites for hydroxylation is 1. The van der Waals surface area contributed by atoms with Gasteiger partial charge in [0.1, 0.15) is 0 Å². The first kappa shape index (κ1) is 9.87. The monoisotopic (exact) mass is 223 g/mol. The van der Waals surface area contributed by atoms with Gasteiger partial charge in [0, 0.05) is 20.4 Å². The van der Waals surface area contributed by atoms with Crippen LogP contribution in [0.3, 0.4) is 0 Å². The first-order valence-electron chi connectivity index (χ1n) is 4.59. The van der Waals surface area contributed by atoms with E-state index in [0.29, 0.717) is 0 Å². The standard InChI is InChI=1S/C11H13NS2/c1-3-7-4-8-9(12)6-14-11(8)5-10(7)13-2/h4-6H,3,12H2,1-2H3. The second-order valence-corrected chi connectivity index (χ2v) is 4.96. The van der Waals surface area contributed by atoms with E-state index in [1.165, 1.54) is 20.5 Å². The van der Waals surface area contributed by atoms with E-state index in [9.17, 15) is 0 Å². The number of benzene rings is 1. The third-order valence-corrected chi connectivity index (χ3v) is 4.17.